The number of hydrogen-bond acceptors (Lipinski definition) is 9. The monoisotopic (exact) mass is 433 g/mol. The van der Waals surface area contributed by atoms with E-state index in [9.17, 15) is 29.4 Å². The summed E-state index contributed by atoms with van der Waals surface area (Å²) in [4.78, 5) is 49.7. The van der Waals surface area contributed by atoms with Crippen molar-refractivity contribution >= 4 is 12.1 Å². The van der Waals surface area contributed by atoms with Crippen LogP contribution in [0.1, 0.15) is 26.5 Å². The van der Waals surface area contributed by atoms with E-state index in [1.54, 1.807) is 13.8 Å². The van der Waals surface area contributed by atoms with Crippen LogP contribution < -0.4 is 11.2 Å². The van der Waals surface area contributed by atoms with Crippen LogP contribution in [0.3, 0.4) is 0 Å². The zero-order chi connectivity index (χ0) is 22.9. The number of H-pyrrole nitrogens is 1. The topological polar surface area (TPSA) is 160 Å². The molecule has 12 nitrogen and oxygen atoms in total. The molecule has 3 N–H and O–H groups in total. The summed E-state index contributed by atoms with van der Waals surface area (Å²) < 4.78 is 30.2. The molecule has 0 saturated carbocycles. The van der Waals surface area contributed by atoms with Crippen LogP contribution in [-0.2, 0) is 19.0 Å². The van der Waals surface area contributed by atoms with Gasteiger partial charge in [-0.2, -0.15) is 0 Å². The molecule has 168 valence electrons. The van der Waals surface area contributed by atoms with Gasteiger partial charge in [0.2, 0.25) is 0 Å². The molecule has 2 rings (SSSR count). The highest BCUT2D eigenvalue weighted by Crippen LogP contribution is 2.38. The lowest BCUT2D eigenvalue weighted by molar-refractivity contribution is -0.208. The number of methoxy groups -OCH3 is 1. The fourth-order valence-electron chi connectivity index (χ4n) is 2.77. The van der Waals surface area contributed by atoms with E-state index in [1.165, 1.54) is 14.2 Å². The van der Waals surface area contributed by atoms with E-state index >= 15 is 4.39 Å². The summed E-state index contributed by atoms with van der Waals surface area (Å²) in [7, 11) is 2.51. The van der Waals surface area contributed by atoms with Gasteiger partial charge < -0.3 is 29.3 Å². The third kappa shape index (κ3) is 4.68. The first kappa shape index (κ1) is 23.5. The molecule has 1 aromatic rings. The molecule has 1 aliphatic rings. The van der Waals surface area contributed by atoms with Gasteiger partial charge in [-0.05, 0) is 13.8 Å². The van der Waals surface area contributed by atoms with Gasteiger partial charge in [-0.15, -0.1) is 0 Å². The molecule has 0 spiro atoms. The smallest absolute Gasteiger partial charge is 0.410 e. The summed E-state index contributed by atoms with van der Waals surface area (Å²) >= 11 is 0. The zero-order valence-electron chi connectivity index (χ0n) is 16.8. The van der Waals surface area contributed by atoms with Gasteiger partial charge >= 0.3 is 17.8 Å². The molecule has 1 amide bonds. The van der Waals surface area contributed by atoms with E-state index in [-0.39, 0.29) is 6.42 Å². The number of rotatable bonds is 6. The number of aromatic amines is 1. The maximum atomic E-state index is 15.1. The number of ether oxygens (including phenoxy) is 3. The van der Waals surface area contributed by atoms with Crippen LogP contribution in [0.5, 0.6) is 0 Å². The highest BCUT2D eigenvalue weighted by molar-refractivity contribution is 5.73. The molecule has 30 heavy (non-hydrogen) atoms. The quantitative estimate of drug-likeness (QED) is 0.471. The first-order valence-corrected chi connectivity index (χ1v) is 8.84. The Balaban J connectivity index is 2.10. The van der Waals surface area contributed by atoms with Crippen molar-refractivity contribution < 1.29 is 38.4 Å². The van der Waals surface area contributed by atoms with Crippen molar-refractivity contribution in [2.45, 2.75) is 50.1 Å². The minimum Gasteiger partial charge on any atom is -0.469 e. The molecular weight excluding hydrogens is 409 g/mol. The largest absolute Gasteiger partial charge is 0.469 e. The zero-order valence-corrected chi connectivity index (χ0v) is 16.8. The first-order chi connectivity index (χ1) is 13.8. The number of amides is 1. The molecule has 2 heterocycles. The van der Waals surface area contributed by atoms with Gasteiger partial charge in [0.15, 0.2) is 12.8 Å². The normalized spacial score (nSPS) is 26.3. The molecule has 0 aromatic carbocycles. The van der Waals surface area contributed by atoms with Gasteiger partial charge in [-0.25, -0.2) is 14.0 Å². The van der Waals surface area contributed by atoms with E-state index in [0.717, 1.165) is 17.2 Å². The van der Waals surface area contributed by atoms with Crippen molar-refractivity contribution in [3.05, 3.63) is 33.1 Å². The molecule has 0 bridgehead atoms. The Morgan fingerprint density at radius 2 is 2.03 bits per heavy atom. The number of carbonyl (C=O) groups excluding carboxylic acids is 2. The molecular formula is C17H24FN3O9. The van der Waals surface area contributed by atoms with Gasteiger partial charge in [-0.1, -0.05) is 0 Å². The van der Waals surface area contributed by atoms with Gasteiger partial charge in [0.25, 0.3) is 11.4 Å². The summed E-state index contributed by atoms with van der Waals surface area (Å²) in [5.41, 5.74) is -2.75. The lowest BCUT2D eigenvalue weighted by atomic mass is 9.99. The van der Waals surface area contributed by atoms with Gasteiger partial charge in [0.05, 0.1) is 19.1 Å². The Labute approximate surface area is 169 Å². The fourth-order valence-corrected chi connectivity index (χ4v) is 2.77. The second-order valence-corrected chi connectivity index (χ2v) is 7.43. The molecule has 1 aromatic heterocycles. The minimum absolute atomic E-state index is 0.162. The number of aliphatic hydroxyl groups is 2. The van der Waals surface area contributed by atoms with Gasteiger partial charge in [0.1, 0.15) is 12.2 Å². The van der Waals surface area contributed by atoms with Crippen LogP contribution in [0.4, 0.5) is 9.18 Å². The average Bonchev–Trinajstić information content (AvgIpc) is 2.89. The van der Waals surface area contributed by atoms with Crippen molar-refractivity contribution in [1.82, 2.24) is 14.5 Å². The number of halogens is 1. The van der Waals surface area contributed by atoms with Crippen LogP contribution in [0, 0.1) is 0 Å². The number of aliphatic hydroxyl groups excluding tert-OH is 2. The number of nitrogens with one attached hydrogen (secondary N) is 1. The van der Waals surface area contributed by atoms with Gasteiger partial charge in [0, 0.05) is 19.3 Å². The second kappa shape index (κ2) is 8.53. The fraction of sp³-hybridized carbons (Fsp3) is 0.647. The second-order valence-electron chi connectivity index (χ2n) is 7.43. The number of hydrogen-bond donors (Lipinski definition) is 3. The van der Waals surface area contributed by atoms with Crippen LogP contribution in [0.25, 0.3) is 0 Å². The van der Waals surface area contributed by atoms with E-state index < -0.39 is 59.7 Å². The molecule has 1 fully saturated rings. The van der Waals surface area contributed by atoms with Crippen molar-refractivity contribution in [3.8, 4) is 0 Å². The molecule has 0 radical (unpaired) electrons. The Kier molecular flexibility index (Phi) is 6.69. The van der Waals surface area contributed by atoms with Crippen LogP contribution >= 0.6 is 0 Å². The highest BCUT2D eigenvalue weighted by atomic mass is 19.2. The Bertz CT molecular complexity index is 914. The predicted molar refractivity (Wildman–Crippen MR) is 97.1 cm³/mol. The third-order valence-corrected chi connectivity index (χ3v) is 4.88. The van der Waals surface area contributed by atoms with Crippen LogP contribution in [0.15, 0.2) is 21.9 Å². The molecule has 0 aliphatic carbocycles. The number of esters is 1. The molecule has 4 atom stereocenters. The first-order valence-electron chi connectivity index (χ1n) is 8.84. The SMILES string of the molecule is COC(=O)CC(C)(C)N(C)C(=O)OC[C@@]1(F)O[C@@H](n2ccc(=O)[nH]c2=O)[C@H](O)[C@@H]1O. The standard InChI is InChI=1S/C17H24FN3O9/c1-16(2,7-10(23)28-4)20(3)15(27)29-8-17(18)12(25)11(24)13(30-17)21-6-5-9(22)19-14(21)26/h5-6,11-13,24-25H,7-8H2,1-4H3,(H,19,22,26)/t11-,12+,13-,17-/m1/s1. The minimum atomic E-state index is -3.04. The van der Waals surface area contributed by atoms with Gasteiger partial charge in [-0.3, -0.25) is 19.1 Å². The Hall–Kier alpha value is -2.77. The Morgan fingerprint density at radius 3 is 2.60 bits per heavy atom. The summed E-state index contributed by atoms with van der Waals surface area (Å²) in [5.74, 6) is -3.61. The lowest BCUT2D eigenvalue weighted by Crippen LogP contribution is -2.49. The summed E-state index contributed by atoms with van der Waals surface area (Å²) in [6.07, 6.45) is -5.97. The van der Waals surface area contributed by atoms with Crippen LogP contribution in [-0.4, -0.2) is 81.1 Å². The number of nitrogens with zero attached hydrogens (tertiary/aromatic N) is 2. The predicted octanol–water partition coefficient (Wildman–Crippen LogP) is -1.14. The maximum absolute atomic E-state index is 15.1. The van der Waals surface area contributed by atoms with Crippen molar-refractivity contribution in [2.75, 3.05) is 20.8 Å². The van der Waals surface area contributed by atoms with E-state index in [2.05, 4.69) is 4.74 Å². The summed E-state index contributed by atoms with van der Waals surface area (Å²) in [6, 6.07) is 0.945. The van der Waals surface area contributed by atoms with Crippen molar-refractivity contribution in [3.63, 3.8) is 0 Å². The van der Waals surface area contributed by atoms with Crippen molar-refractivity contribution in [2.24, 2.45) is 0 Å². The molecule has 1 saturated heterocycles. The third-order valence-electron chi connectivity index (χ3n) is 4.88. The van der Waals surface area contributed by atoms with Crippen LogP contribution in [0.2, 0.25) is 0 Å². The molecule has 1 aliphatic heterocycles. The highest BCUT2D eigenvalue weighted by Gasteiger charge is 2.57. The number of carbonyl (C=O) groups is 2. The van der Waals surface area contributed by atoms with Crippen molar-refractivity contribution in [1.29, 1.82) is 0 Å². The number of alkyl halides is 1. The van der Waals surface area contributed by atoms with E-state index in [4.69, 9.17) is 9.47 Å². The van der Waals surface area contributed by atoms with E-state index in [1.807, 2.05) is 4.98 Å². The number of aromatic nitrogens is 2. The summed E-state index contributed by atoms with van der Waals surface area (Å²) in [6.45, 7) is 2.00. The maximum Gasteiger partial charge on any atom is 0.410 e. The average molecular weight is 433 g/mol. The molecule has 13 heteroatoms. The van der Waals surface area contributed by atoms with E-state index in [0.29, 0.717) is 4.57 Å². The summed E-state index contributed by atoms with van der Waals surface area (Å²) in [5, 5.41) is 20.2. The molecule has 0 unspecified atom stereocenters. The Morgan fingerprint density at radius 1 is 1.40 bits per heavy atom. The lowest BCUT2D eigenvalue weighted by Gasteiger charge is -2.34.